The fourth-order valence-corrected chi connectivity index (χ4v) is 11.0. The van der Waals surface area contributed by atoms with Crippen LogP contribution in [0.25, 0.3) is 6.08 Å². The zero-order valence-electron chi connectivity index (χ0n) is 22.2. The topological polar surface area (TPSA) is 43.8 Å². The maximum Gasteiger partial charge on any atom is 0.254 e. The van der Waals surface area contributed by atoms with E-state index in [4.69, 9.17) is 0 Å². The highest BCUT2D eigenvalue weighted by Gasteiger charge is 2.76. The summed E-state index contributed by atoms with van der Waals surface area (Å²) in [7, 11) is 0. The first-order valence-electron chi connectivity index (χ1n) is 15.2. The number of carbonyl (C=O) groups is 1. The number of fused-ring (bicyclic) bond motifs is 2. The lowest BCUT2D eigenvalue weighted by Gasteiger charge is -2.66. The summed E-state index contributed by atoms with van der Waals surface area (Å²) in [5.41, 5.74) is 6.75. The van der Waals surface area contributed by atoms with Gasteiger partial charge in [0, 0.05) is 36.2 Å². The monoisotopic (exact) mass is 506 g/mol. The summed E-state index contributed by atoms with van der Waals surface area (Å²) in [5.74, 6) is 2.70. The molecular weight excluding hydrogens is 468 g/mol. The predicted octanol–water partition coefficient (Wildman–Crippen LogP) is 5.57. The molecule has 5 unspecified atom stereocenters. The fourth-order valence-electron chi connectivity index (χ4n) is 11.0. The van der Waals surface area contributed by atoms with Gasteiger partial charge >= 0.3 is 0 Å². The Labute approximate surface area is 225 Å². The van der Waals surface area contributed by atoms with Crippen LogP contribution in [0.5, 0.6) is 5.75 Å². The third-order valence-electron chi connectivity index (χ3n) is 12.3. The molecule has 2 heterocycles. The Kier molecular flexibility index (Phi) is 4.41. The third kappa shape index (κ3) is 2.68. The van der Waals surface area contributed by atoms with Gasteiger partial charge in [-0.2, -0.15) is 0 Å². The quantitative estimate of drug-likeness (QED) is 0.592. The number of phenolic OH excluding ortho intramolecular Hbond substituents is 1. The molecule has 2 aromatic rings. The van der Waals surface area contributed by atoms with E-state index in [1.54, 1.807) is 0 Å². The molecule has 0 aromatic heterocycles. The van der Waals surface area contributed by atoms with Gasteiger partial charge in [0.1, 0.15) is 5.75 Å². The lowest BCUT2D eigenvalue weighted by molar-refractivity contribution is -0.102. The molecule has 1 N–H and O–H groups in total. The van der Waals surface area contributed by atoms with Gasteiger partial charge in [-0.1, -0.05) is 30.4 Å². The second-order valence-corrected chi connectivity index (χ2v) is 13.7. The Bertz CT molecular complexity index is 1390. The lowest BCUT2D eigenvalue weighted by Crippen LogP contribution is -2.69. The maximum atomic E-state index is 14.3. The van der Waals surface area contributed by atoms with Crippen molar-refractivity contribution in [2.45, 2.75) is 75.3 Å². The first kappa shape index (κ1) is 22.2. The molecule has 196 valence electrons. The molecule has 7 aliphatic rings. The SMILES string of the molecule is O=C(c1cccc2c1CCC=C2)N1C[C@H]2CC34CCC1C2C31CCN(CC2CC2)C4Cc2ccc(O)cc21. The Balaban J connectivity index is 1.15. The molecule has 9 rings (SSSR count). The van der Waals surface area contributed by atoms with Gasteiger partial charge in [-0.15, -0.1) is 0 Å². The van der Waals surface area contributed by atoms with E-state index in [2.05, 4.69) is 52.3 Å². The van der Waals surface area contributed by atoms with Crippen LogP contribution in [-0.2, 0) is 18.3 Å². The summed E-state index contributed by atoms with van der Waals surface area (Å²) in [6.45, 7) is 3.38. The van der Waals surface area contributed by atoms with Gasteiger partial charge in [0.2, 0.25) is 0 Å². The summed E-state index contributed by atoms with van der Waals surface area (Å²) < 4.78 is 0. The molecule has 2 saturated heterocycles. The van der Waals surface area contributed by atoms with E-state index in [9.17, 15) is 9.90 Å². The van der Waals surface area contributed by atoms with Crippen LogP contribution in [0.15, 0.2) is 42.5 Å². The predicted molar refractivity (Wildman–Crippen MR) is 148 cm³/mol. The minimum absolute atomic E-state index is 0.103. The summed E-state index contributed by atoms with van der Waals surface area (Å²) in [5, 5.41) is 10.7. The summed E-state index contributed by atoms with van der Waals surface area (Å²) in [4.78, 5) is 19.5. The number of likely N-dealkylation sites (tertiary alicyclic amines) is 2. The van der Waals surface area contributed by atoms with Crippen LogP contribution in [0.2, 0.25) is 0 Å². The van der Waals surface area contributed by atoms with Crippen molar-refractivity contribution >= 4 is 12.0 Å². The second kappa shape index (κ2) is 7.53. The molecule has 0 radical (unpaired) electrons. The molecule has 5 fully saturated rings. The van der Waals surface area contributed by atoms with Crippen LogP contribution >= 0.6 is 0 Å². The number of allylic oxidation sites excluding steroid dienone is 1. The Morgan fingerprint density at radius 3 is 2.92 bits per heavy atom. The van der Waals surface area contributed by atoms with Crippen LogP contribution in [0.3, 0.4) is 0 Å². The Hall–Kier alpha value is -2.59. The number of rotatable bonds is 3. The van der Waals surface area contributed by atoms with Crippen molar-refractivity contribution in [2.75, 3.05) is 19.6 Å². The molecule has 4 nitrogen and oxygen atoms in total. The van der Waals surface area contributed by atoms with E-state index in [0.29, 0.717) is 35.1 Å². The maximum absolute atomic E-state index is 14.3. The second-order valence-electron chi connectivity index (χ2n) is 13.7. The number of nitrogens with zero attached hydrogens (tertiary/aromatic N) is 2. The average molecular weight is 507 g/mol. The van der Waals surface area contributed by atoms with Crippen molar-refractivity contribution in [3.05, 3.63) is 70.3 Å². The van der Waals surface area contributed by atoms with E-state index >= 15 is 0 Å². The number of hydrogen-bond donors (Lipinski definition) is 1. The van der Waals surface area contributed by atoms with E-state index in [-0.39, 0.29) is 11.3 Å². The van der Waals surface area contributed by atoms with E-state index < -0.39 is 0 Å². The number of amides is 1. The number of phenols is 1. The highest BCUT2D eigenvalue weighted by atomic mass is 16.3. The average Bonchev–Trinajstić information content (AvgIpc) is 3.63. The van der Waals surface area contributed by atoms with Gasteiger partial charge in [0.15, 0.2) is 0 Å². The van der Waals surface area contributed by atoms with E-state index in [0.717, 1.165) is 43.7 Å². The minimum atomic E-state index is 0.103. The van der Waals surface area contributed by atoms with Crippen molar-refractivity contribution in [2.24, 2.45) is 23.2 Å². The normalized spacial score (nSPS) is 38.1. The summed E-state index contributed by atoms with van der Waals surface area (Å²) in [6, 6.07) is 13.6. The van der Waals surface area contributed by atoms with Crippen LogP contribution in [0, 0.1) is 23.2 Å². The lowest BCUT2D eigenvalue weighted by atomic mass is 9.43. The molecule has 4 bridgehead atoms. The highest BCUT2D eigenvalue weighted by molar-refractivity contribution is 5.97. The highest BCUT2D eigenvalue weighted by Crippen LogP contribution is 2.75. The first-order chi connectivity index (χ1) is 18.6. The van der Waals surface area contributed by atoms with E-state index in [1.165, 1.54) is 67.4 Å². The summed E-state index contributed by atoms with van der Waals surface area (Å²) >= 11 is 0. The van der Waals surface area contributed by atoms with Crippen LogP contribution < -0.4 is 0 Å². The van der Waals surface area contributed by atoms with Gasteiger partial charge in [-0.25, -0.2) is 0 Å². The molecule has 1 amide bonds. The number of aromatic hydroxyl groups is 1. The van der Waals surface area contributed by atoms with Crippen LogP contribution in [-0.4, -0.2) is 52.5 Å². The molecule has 2 aromatic carbocycles. The Morgan fingerprint density at radius 1 is 1.11 bits per heavy atom. The van der Waals surface area contributed by atoms with Gasteiger partial charge in [0.05, 0.1) is 0 Å². The smallest absolute Gasteiger partial charge is 0.254 e. The number of piperidine rings is 1. The number of carbonyl (C=O) groups excluding carboxylic acids is 1. The first-order valence-corrected chi connectivity index (χ1v) is 15.2. The fraction of sp³-hybridized carbons (Fsp3) is 0.559. The molecule has 38 heavy (non-hydrogen) atoms. The Morgan fingerprint density at radius 2 is 2.03 bits per heavy atom. The van der Waals surface area contributed by atoms with Gasteiger partial charge in [-0.3, -0.25) is 9.69 Å². The van der Waals surface area contributed by atoms with Crippen molar-refractivity contribution in [1.82, 2.24) is 9.80 Å². The number of benzene rings is 2. The minimum Gasteiger partial charge on any atom is -0.508 e. The number of hydrogen-bond acceptors (Lipinski definition) is 3. The van der Waals surface area contributed by atoms with Gasteiger partial charge < -0.3 is 10.0 Å². The zero-order chi connectivity index (χ0) is 25.2. The molecule has 4 heteroatoms. The summed E-state index contributed by atoms with van der Waals surface area (Å²) in [6.07, 6.45) is 15.2. The van der Waals surface area contributed by atoms with Crippen molar-refractivity contribution in [1.29, 1.82) is 0 Å². The van der Waals surface area contributed by atoms with Crippen LogP contribution in [0.4, 0.5) is 0 Å². The van der Waals surface area contributed by atoms with Crippen molar-refractivity contribution < 1.29 is 9.90 Å². The molecule has 6 atom stereocenters. The van der Waals surface area contributed by atoms with Crippen molar-refractivity contribution in [3.8, 4) is 5.75 Å². The zero-order valence-corrected chi connectivity index (χ0v) is 22.2. The van der Waals surface area contributed by atoms with Gasteiger partial charge in [-0.05, 0) is 128 Å². The third-order valence-corrected chi connectivity index (χ3v) is 12.3. The van der Waals surface area contributed by atoms with E-state index in [1.807, 2.05) is 6.07 Å². The van der Waals surface area contributed by atoms with Crippen LogP contribution in [0.1, 0.15) is 77.6 Å². The van der Waals surface area contributed by atoms with Crippen molar-refractivity contribution in [3.63, 3.8) is 0 Å². The molecule has 3 saturated carbocycles. The molecule has 0 spiro atoms. The standard InChI is InChI=1S/C34H38N2O2/c37-25-11-10-23-16-30-33-13-12-29-31(34(33,28(23)17-25)14-15-35(30)19-21-8-9-21)24(18-33)20-36(29)32(38)27-7-3-5-22-4-1-2-6-26(22)27/h1,3-5,7,10-11,17,21,24,29-31,37H,2,6,8-9,12-16,18-20H2/t24-,29?,30?,31?,33?,34?/m1/s1. The largest absolute Gasteiger partial charge is 0.508 e. The van der Waals surface area contributed by atoms with Gasteiger partial charge in [0.25, 0.3) is 5.91 Å². The molecular formula is C34H38N2O2. The molecule has 5 aliphatic carbocycles. The molecule has 2 aliphatic heterocycles.